The minimum atomic E-state index is -0.171. The molecule has 0 radical (unpaired) electrons. The Morgan fingerprint density at radius 3 is 2.84 bits per heavy atom. The maximum atomic E-state index is 12.2. The molecule has 19 heavy (non-hydrogen) atoms. The predicted octanol–water partition coefficient (Wildman–Crippen LogP) is 3.39. The molecule has 4 nitrogen and oxygen atoms in total. The summed E-state index contributed by atoms with van der Waals surface area (Å²) in [6, 6.07) is 7.35. The lowest BCUT2D eigenvalue weighted by Gasteiger charge is -2.21. The Morgan fingerprint density at radius 2 is 2.05 bits per heavy atom. The van der Waals surface area contributed by atoms with Gasteiger partial charge in [0.25, 0.3) is 5.91 Å². The predicted molar refractivity (Wildman–Crippen MR) is 76.2 cm³/mol. The van der Waals surface area contributed by atoms with E-state index in [4.69, 9.17) is 0 Å². The van der Waals surface area contributed by atoms with E-state index in [1.165, 1.54) is 11.3 Å². The highest BCUT2D eigenvalue weighted by Gasteiger charge is 2.28. The quantitative estimate of drug-likeness (QED) is 0.865. The number of carbonyl (C=O) groups is 2. The fourth-order valence-electron chi connectivity index (χ4n) is 2.15. The van der Waals surface area contributed by atoms with Gasteiger partial charge < -0.3 is 5.32 Å². The third-order valence-electron chi connectivity index (χ3n) is 3.07. The van der Waals surface area contributed by atoms with Crippen LogP contribution in [0.5, 0.6) is 0 Å². The van der Waals surface area contributed by atoms with E-state index < -0.39 is 0 Å². The van der Waals surface area contributed by atoms with Crippen LogP contribution >= 0.6 is 11.3 Å². The lowest BCUT2D eigenvalue weighted by Crippen LogP contribution is -2.24. The van der Waals surface area contributed by atoms with Crippen LogP contribution in [0.2, 0.25) is 0 Å². The summed E-state index contributed by atoms with van der Waals surface area (Å²) in [5.41, 5.74) is 2.60. The summed E-state index contributed by atoms with van der Waals surface area (Å²) in [7, 11) is 0. The van der Waals surface area contributed by atoms with Crippen LogP contribution in [0.15, 0.2) is 35.0 Å². The number of para-hydroxylation sites is 2. The highest BCUT2D eigenvalue weighted by Crippen LogP contribution is 2.39. The summed E-state index contributed by atoms with van der Waals surface area (Å²) in [6.45, 7) is 1.82. The standard InChI is InChI=1S/C14H12N2O2S/c1-2-13(17)16-11-6-4-3-5-10(11)15-14(18)9-7-19-8-12(9)16/h3-8H,2H2,1H3,(H,15,18). The summed E-state index contributed by atoms with van der Waals surface area (Å²) in [4.78, 5) is 26.0. The lowest BCUT2D eigenvalue weighted by atomic mass is 10.2. The summed E-state index contributed by atoms with van der Waals surface area (Å²) in [6.07, 6.45) is 0.387. The third kappa shape index (κ3) is 1.82. The summed E-state index contributed by atoms with van der Waals surface area (Å²) >= 11 is 1.42. The maximum Gasteiger partial charge on any atom is 0.258 e. The average Bonchev–Trinajstić information content (AvgIpc) is 2.86. The molecule has 2 heterocycles. The van der Waals surface area contributed by atoms with Crippen molar-refractivity contribution in [2.75, 3.05) is 10.2 Å². The molecule has 1 aromatic carbocycles. The molecule has 0 unspecified atom stereocenters. The first-order valence-corrected chi connectivity index (χ1v) is 6.96. The number of nitrogens with one attached hydrogen (secondary N) is 1. The molecule has 0 saturated heterocycles. The van der Waals surface area contributed by atoms with Crippen LogP contribution in [0.3, 0.4) is 0 Å². The highest BCUT2D eigenvalue weighted by atomic mass is 32.1. The van der Waals surface area contributed by atoms with Gasteiger partial charge in [0.05, 0.1) is 22.6 Å². The van der Waals surface area contributed by atoms with E-state index in [-0.39, 0.29) is 11.8 Å². The highest BCUT2D eigenvalue weighted by molar-refractivity contribution is 7.08. The van der Waals surface area contributed by atoms with Gasteiger partial charge in [0.15, 0.2) is 0 Å². The average molecular weight is 272 g/mol. The van der Waals surface area contributed by atoms with Crippen molar-refractivity contribution in [3.8, 4) is 0 Å². The topological polar surface area (TPSA) is 49.4 Å². The summed E-state index contributed by atoms with van der Waals surface area (Å²) in [5.74, 6) is -0.196. The number of hydrogen-bond acceptors (Lipinski definition) is 3. The van der Waals surface area contributed by atoms with E-state index in [9.17, 15) is 9.59 Å². The Hall–Kier alpha value is -2.14. The van der Waals surface area contributed by atoms with Crippen molar-refractivity contribution in [3.63, 3.8) is 0 Å². The Morgan fingerprint density at radius 1 is 1.26 bits per heavy atom. The zero-order valence-electron chi connectivity index (χ0n) is 10.3. The van der Waals surface area contributed by atoms with Crippen molar-refractivity contribution >= 4 is 40.2 Å². The Kier molecular flexibility index (Phi) is 2.83. The number of hydrogen-bond donors (Lipinski definition) is 1. The molecular weight excluding hydrogens is 260 g/mol. The molecule has 1 aliphatic heterocycles. The largest absolute Gasteiger partial charge is 0.320 e. The molecule has 0 saturated carbocycles. The first kappa shape index (κ1) is 11.9. The fraction of sp³-hybridized carbons (Fsp3) is 0.143. The van der Waals surface area contributed by atoms with Crippen molar-refractivity contribution in [1.29, 1.82) is 0 Å². The first-order valence-electron chi connectivity index (χ1n) is 6.02. The van der Waals surface area contributed by atoms with Gasteiger partial charge >= 0.3 is 0 Å². The number of carbonyl (C=O) groups excluding carboxylic acids is 2. The molecule has 0 spiro atoms. The maximum absolute atomic E-state index is 12.2. The molecule has 2 aromatic rings. The monoisotopic (exact) mass is 272 g/mol. The van der Waals surface area contributed by atoms with Gasteiger partial charge in [-0.15, -0.1) is 11.3 Å². The second kappa shape index (κ2) is 4.51. The normalized spacial score (nSPS) is 13.3. The zero-order valence-corrected chi connectivity index (χ0v) is 11.2. The smallest absolute Gasteiger partial charge is 0.258 e. The van der Waals surface area contributed by atoms with Crippen LogP contribution in [0.4, 0.5) is 17.1 Å². The van der Waals surface area contributed by atoms with Crippen LogP contribution < -0.4 is 10.2 Å². The first-order chi connectivity index (χ1) is 9.22. The number of thiophene rings is 1. The Bertz CT molecular complexity index is 663. The molecule has 0 fully saturated rings. The number of nitrogens with zero attached hydrogens (tertiary/aromatic N) is 1. The molecule has 2 amide bonds. The van der Waals surface area contributed by atoms with E-state index in [2.05, 4.69) is 5.32 Å². The van der Waals surface area contributed by atoms with Gasteiger partial charge in [0, 0.05) is 17.2 Å². The molecule has 5 heteroatoms. The van der Waals surface area contributed by atoms with Gasteiger partial charge in [-0.2, -0.15) is 0 Å². The van der Waals surface area contributed by atoms with E-state index in [0.717, 1.165) is 5.69 Å². The molecule has 0 bridgehead atoms. The molecular formula is C14H12N2O2S. The number of fused-ring (bicyclic) bond motifs is 2. The van der Waals surface area contributed by atoms with Gasteiger partial charge in [0.1, 0.15) is 0 Å². The van der Waals surface area contributed by atoms with Crippen molar-refractivity contribution < 1.29 is 9.59 Å². The van der Waals surface area contributed by atoms with E-state index in [1.54, 1.807) is 16.3 Å². The van der Waals surface area contributed by atoms with Crippen LogP contribution in [0, 0.1) is 0 Å². The lowest BCUT2D eigenvalue weighted by molar-refractivity contribution is -0.117. The molecule has 96 valence electrons. The Labute approximate surface area is 114 Å². The molecule has 3 rings (SSSR count). The minimum absolute atomic E-state index is 0.0244. The van der Waals surface area contributed by atoms with Crippen molar-refractivity contribution in [2.24, 2.45) is 0 Å². The second-order valence-electron chi connectivity index (χ2n) is 4.22. The molecule has 0 aliphatic carbocycles. The molecule has 0 atom stereocenters. The zero-order chi connectivity index (χ0) is 13.4. The van der Waals surface area contributed by atoms with Gasteiger partial charge in [-0.1, -0.05) is 19.1 Å². The number of benzene rings is 1. The summed E-state index contributed by atoms with van der Waals surface area (Å²) in [5, 5.41) is 6.46. The van der Waals surface area contributed by atoms with Crippen LogP contribution in [0.25, 0.3) is 0 Å². The van der Waals surface area contributed by atoms with Gasteiger partial charge in [-0.25, -0.2) is 0 Å². The van der Waals surface area contributed by atoms with Gasteiger partial charge in [-0.3, -0.25) is 14.5 Å². The SMILES string of the molecule is CCC(=O)N1c2ccccc2NC(=O)c2cscc21. The van der Waals surface area contributed by atoms with E-state index in [1.807, 2.05) is 30.5 Å². The van der Waals surface area contributed by atoms with Crippen LogP contribution in [-0.4, -0.2) is 11.8 Å². The third-order valence-corrected chi connectivity index (χ3v) is 3.80. The van der Waals surface area contributed by atoms with Crippen molar-refractivity contribution in [2.45, 2.75) is 13.3 Å². The Balaban J connectivity index is 2.26. The van der Waals surface area contributed by atoms with E-state index >= 15 is 0 Å². The van der Waals surface area contributed by atoms with Gasteiger partial charge in [0.2, 0.25) is 5.91 Å². The van der Waals surface area contributed by atoms with Gasteiger partial charge in [-0.05, 0) is 12.1 Å². The molecule has 1 aromatic heterocycles. The number of anilines is 3. The van der Waals surface area contributed by atoms with Crippen molar-refractivity contribution in [1.82, 2.24) is 0 Å². The molecule has 1 aliphatic rings. The van der Waals surface area contributed by atoms with Crippen molar-refractivity contribution in [3.05, 3.63) is 40.6 Å². The van der Waals surface area contributed by atoms with E-state index in [0.29, 0.717) is 23.4 Å². The number of rotatable bonds is 1. The minimum Gasteiger partial charge on any atom is -0.320 e. The fourth-order valence-corrected chi connectivity index (χ4v) is 2.95. The summed E-state index contributed by atoms with van der Waals surface area (Å²) < 4.78 is 0. The molecule has 1 N–H and O–H groups in total. The van der Waals surface area contributed by atoms with Crippen LogP contribution in [0.1, 0.15) is 23.7 Å². The second-order valence-corrected chi connectivity index (χ2v) is 4.97. The van der Waals surface area contributed by atoms with Crippen LogP contribution in [-0.2, 0) is 4.79 Å². The number of amides is 2.